The zero-order valence-corrected chi connectivity index (χ0v) is 50.8. The second kappa shape index (κ2) is 33.1. The molecular formula is C72H96N12O6. The lowest BCUT2D eigenvalue weighted by molar-refractivity contribution is 0.414. The number of aromatic hydroxyl groups is 6. The van der Waals surface area contributed by atoms with Crippen molar-refractivity contribution in [2.45, 2.75) is 38.3 Å². The van der Waals surface area contributed by atoms with Gasteiger partial charge in [-0.2, -0.15) is 0 Å². The summed E-state index contributed by atoms with van der Waals surface area (Å²) in [6, 6.07) is 29.2. The van der Waals surface area contributed by atoms with Crippen molar-refractivity contribution >= 4 is 65.4 Å². The molecule has 12 N–H and O–H groups in total. The summed E-state index contributed by atoms with van der Waals surface area (Å²) in [5.74, 6) is -0.110. The first-order chi connectivity index (χ1) is 54.3. The fraction of sp³-hybridized carbons (Fsp3) is 0.333. The van der Waals surface area contributed by atoms with Gasteiger partial charge in [-0.25, -0.2) is 0 Å². The van der Waals surface area contributed by atoms with Gasteiger partial charge < -0.3 is 89.9 Å². The number of hydrogen-bond acceptors (Lipinski definition) is 12. The van der Waals surface area contributed by atoms with E-state index in [2.05, 4.69) is 29.9 Å². The predicted octanol–water partition coefficient (Wildman–Crippen LogP) is 11.9. The summed E-state index contributed by atoms with van der Waals surface area (Å²) >= 11 is 0. The van der Waals surface area contributed by atoms with Gasteiger partial charge >= 0.3 is 0 Å². The number of likely N-dealkylation sites (N-methyl/N-ethyl adjacent to an activating group) is 6. The van der Waals surface area contributed by atoms with Crippen LogP contribution in [-0.2, 0) is 38.3 Å². The van der Waals surface area contributed by atoms with Gasteiger partial charge in [-0.15, -0.1) is 0 Å². The third-order valence-corrected chi connectivity index (χ3v) is 12.9. The van der Waals surface area contributed by atoms with Crippen LogP contribution in [0.25, 0.3) is 65.4 Å². The maximum absolute atomic E-state index is 9.91. The maximum atomic E-state index is 9.91. The van der Waals surface area contributed by atoms with Crippen LogP contribution in [0, 0.1) is 0 Å². The lowest BCUT2D eigenvalue weighted by Crippen LogP contribution is -2.14. The average molecular weight is 1250 g/mol. The molecule has 8 atom stereocenters. The van der Waals surface area contributed by atoms with Gasteiger partial charge in [0.1, 0.15) is 34.5 Å². The van der Waals surface area contributed by atoms with Crippen molar-refractivity contribution in [1.29, 1.82) is 0 Å². The van der Waals surface area contributed by atoms with Gasteiger partial charge in [0.05, 0.1) is 0 Å². The molecule has 18 nitrogen and oxygen atoms in total. The third kappa shape index (κ3) is 19.1. The molecule has 0 spiro atoms. The highest BCUT2D eigenvalue weighted by atomic mass is 16.3. The SMILES string of the molecule is [2H]C(N(C)C([2H])([2H])[2H])C([2H])([2H])c1c[nH]c2cccc(O)c12.[2H]C(N(C)C([2H])([2H])[2H])C([2H])([2H])c1c[nH]c2cccc(O)c12.[2H]C(N(C)C)C([2H])([2H])c1c[nH]c2cccc(O)c12.[2H]C(c1c[nH]c2cccc(O)c12)C([2H])([2H])N(C)C.[2H]C(c1c[nH]c2cccc(O)c12)C([2H])N(C)C([2H])([2H])[2H].[2H]C(c1c[nH]c2cccc(O)c12)C([2H])N(C)C([2H])([2H])[2H]. The van der Waals surface area contributed by atoms with Gasteiger partial charge in [0, 0.05) is 180 Å². The number of hydrogen-bond donors (Lipinski definition) is 12. The first-order valence-electron chi connectivity index (χ1n) is 42.3. The molecule has 0 radical (unpaired) electrons. The number of phenolic OH excluding ortho intramolecular Hbond substituents is 6. The minimum Gasteiger partial charge on any atom is -0.507 e. The van der Waals surface area contributed by atoms with E-state index in [0.29, 0.717) is 86.7 Å². The number of aromatic nitrogens is 6. The zero-order valence-electron chi connectivity index (χ0n) is 78.8. The topological polar surface area (TPSA) is 236 Å². The predicted molar refractivity (Wildman–Crippen MR) is 373 cm³/mol. The molecule has 0 bridgehead atoms. The van der Waals surface area contributed by atoms with Gasteiger partial charge in [0.2, 0.25) is 0 Å². The molecule has 12 rings (SSSR count). The number of nitrogens with zero attached hydrogens (tertiary/aromatic N) is 6. The van der Waals surface area contributed by atoms with E-state index >= 15 is 0 Å². The molecule has 90 heavy (non-hydrogen) atoms. The summed E-state index contributed by atoms with van der Waals surface area (Å²) in [5.41, 5.74) is 5.45. The van der Waals surface area contributed by atoms with Crippen LogP contribution in [0.5, 0.6) is 34.5 Å². The second-order valence-corrected chi connectivity index (χ2v) is 20.6. The molecule has 0 saturated carbocycles. The van der Waals surface area contributed by atoms with Gasteiger partial charge in [-0.1, -0.05) is 36.4 Å². The largest absolute Gasteiger partial charge is 0.507 e. The summed E-state index contributed by atoms with van der Waals surface area (Å²) in [5, 5.41) is 61.7. The van der Waals surface area contributed by atoms with E-state index in [1.165, 1.54) is 105 Å². The quantitative estimate of drug-likeness (QED) is 0.0385. The van der Waals surface area contributed by atoms with E-state index in [4.69, 9.17) is 38.4 Å². The van der Waals surface area contributed by atoms with E-state index in [1.807, 2.05) is 0 Å². The Kier molecular flexibility index (Phi) is 14.4. The summed E-state index contributed by atoms with van der Waals surface area (Å²) < 4.78 is 216. The minimum atomic E-state index is -2.58. The van der Waals surface area contributed by atoms with Crippen LogP contribution in [0.4, 0.5) is 0 Å². The van der Waals surface area contributed by atoms with Gasteiger partial charge in [-0.05, 0) is 229 Å². The molecule has 0 fully saturated rings. The fourth-order valence-electron chi connectivity index (χ4n) is 8.90. The van der Waals surface area contributed by atoms with Crippen LogP contribution in [0.2, 0.25) is 0 Å². The number of aromatic amines is 6. The number of H-pyrrole nitrogens is 6. The summed E-state index contributed by atoms with van der Waals surface area (Å²) in [7, 11) is 11.4. The number of benzene rings is 6. The minimum absolute atomic E-state index is 0.0136. The van der Waals surface area contributed by atoms with E-state index in [9.17, 15) is 30.6 Å². The molecule has 6 aromatic heterocycles. The van der Waals surface area contributed by atoms with Crippen molar-refractivity contribution in [3.05, 3.63) is 180 Å². The smallest absolute Gasteiger partial charge is 0.125 e. The fourth-order valence-corrected chi connectivity index (χ4v) is 8.90. The molecule has 0 aliphatic rings. The van der Waals surface area contributed by atoms with Crippen molar-refractivity contribution < 1.29 is 69.0 Å². The van der Waals surface area contributed by atoms with Gasteiger partial charge in [0.25, 0.3) is 0 Å². The molecular weight excluding hydrogens is 1130 g/mol. The first kappa shape index (κ1) is 39.3. The Labute approximate surface area is 569 Å². The molecule has 0 saturated heterocycles. The van der Waals surface area contributed by atoms with E-state index in [0.717, 1.165) is 9.80 Å². The van der Waals surface area contributed by atoms with Crippen molar-refractivity contribution in [2.75, 3.05) is 123 Å². The van der Waals surface area contributed by atoms with Crippen LogP contribution in [0.15, 0.2) is 146 Å². The Balaban J connectivity index is 0.000000196. The lowest BCUT2D eigenvalue weighted by Gasteiger charge is -2.08. The molecule has 12 aromatic rings. The standard InChI is InChI=1S/6C12H16N2O/c6*1-14(2)7-6-9-8-13-10-4-3-5-11(15)12(9)10/h6*3-5,8,13,15H,6-7H2,1-2H3/i2*1D3,6D2,7D;2*1D3,6D,7D;6D2,7D;6D,7D2. The Morgan fingerprint density at radius 1 is 0.289 bits per heavy atom. The average Bonchev–Trinajstić information content (AvgIpc) is 1.62. The highest BCUT2D eigenvalue weighted by molar-refractivity contribution is 5.92. The second-order valence-electron chi connectivity index (χ2n) is 20.6. The number of rotatable bonds is 18. The van der Waals surface area contributed by atoms with Gasteiger partial charge in [-0.3, -0.25) is 0 Å². The molecule has 8 unspecified atom stereocenters. The number of fused-ring (bicyclic) bond motifs is 6. The Morgan fingerprint density at radius 3 is 0.756 bits per heavy atom. The van der Waals surface area contributed by atoms with E-state index < -0.39 is 105 Å². The Hall–Kier alpha value is -8.88. The van der Waals surface area contributed by atoms with Crippen LogP contribution < -0.4 is 0 Å². The molecule has 0 aliphatic carbocycles. The summed E-state index contributed by atoms with van der Waals surface area (Å²) in [6.07, 6.45) is -0.841. The van der Waals surface area contributed by atoms with E-state index in [-0.39, 0.29) is 56.4 Å². The molecule has 6 aromatic carbocycles. The Bertz CT molecular complexity index is 5100. The normalized spacial score (nSPS) is 20.0. The first-order valence-corrected chi connectivity index (χ1v) is 27.7. The Morgan fingerprint density at radius 2 is 0.511 bits per heavy atom. The van der Waals surface area contributed by atoms with Crippen LogP contribution in [0.1, 0.15) is 71.8 Å². The third-order valence-electron chi connectivity index (χ3n) is 12.9. The van der Waals surface area contributed by atoms with Crippen molar-refractivity contribution in [3.63, 3.8) is 0 Å². The highest BCUT2D eigenvalue weighted by Gasteiger charge is 2.13. The van der Waals surface area contributed by atoms with Gasteiger partial charge in [0.15, 0.2) is 0 Å². The molecule has 0 aliphatic heterocycles. The molecule has 0 amide bonds. The van der Waals surface area contributed by atoms with Crippen LogP contribution in [0.3, 0.4) is 0 Å². The lowest BCUT2D eigenvalue weighted by atomic mass is 10.1. The van der Waals surface area contributed by atoms with Crippen molar-refractivity contribution in [2.24, 2.45) is 0 Å². The highest BCUT2D eigenvalue weighted by Crippen LogP contribution is 2.33. The molecule has 480 valence electrons. The number of phenols is 6. The van der Waals surface area contributed by atoms with E-state index in [1.54, 1.807) is 107 Å². The van der Waals surface area contributed by atoms with Crippen molar-refractivity contribution in [1.82, 2.24) is 59.3 Å². The maximum Gasteiger partial charge on any atom is 0.125 e. The number of aryl methyl sites for hydroxylation is 6. The van der Waals surface area contributed by atoms with Crippen LogP contribution >= 0.6 is 0 Å². The molecule has 6 heterocycles. The summed E-state index contributed by atoms with van der Waals surface area (Å²) in [6.45, 7) is -18.7. The summed E-state index contributed by atoms with van der Waals surface area (Å²) in [4.78, 5) is 23.3. The number of nitrogens with one attached hydrogen (secondary N) is 6. The molecule has 18 heteroatoms. The van der Waals surface area contributed by atoms with Crippen molar-refractivity contribution in [3.8, 4) is 34.5 Å². The van der Waals surface area contributed by atoms with Crippen LogP contribution in [-0.4, -0.2) is 213 Å². The monoisotopic (exact) mass is 1250 g/mol. The zero-order chi connectivity index (χ0) is 89.2.